The molecular formula is C14H23NO2S. The smallest absolute Gasteiger partial charge is 0.315 e. The van der Waals surface area contributed by atoms with Crippen LogP contribution in [-0.2, 0) is 9.53 Å². The van der Waals surface area contributed by atoms with E-state index >= 15 is 0 Å². The van der Waals surface area contributed by atoms with Crippen molar-refractivity contribution in [3.05, 3.63) is 11.6 Å². The van der Waals surface area contributed by atoms with Crippen molar-refractivity contribution in [3.63, 3.8) is 0 Å². The maximum absolute atomic E-state index is 11.1. The lowest BCUT2D eigenvalue weighted by Gasteiger charge is -2.28. The van der Waals surface area contributed by atoms with Crippen LogP contribution in [0.15, 0.2) is 11.6 Å². The Morgan fingerprint density at radius 1 is 1.56 bits per heavy atom. The average molecular weight is 269 g/mol. The summed E-state index contributed by atoms with van der Waals surface area (Å²) in [6.45, 7) is 8.18. The van der Waals surface area contributed by atoms with Gasteiger partial charge in [0.1, 0.15) is 0 Å². The molecule has 0 bridgehead atoms. The molecule has 0 amide bonds. The maximum Gasteiger partial charge on any atom is 0.315 e. The van der Waals surface area contributed by atoms with E-state index in [9.17, 15) is 10.1 Å². The molecule has 0 radical (unpaired) electrons. The highest BCUT2D eigenvalue weighted by Crippen LogP contribution is 2.34. The SMILES string of the molecule is CC/C(C)=C/CC(C#N)C(C)(C)SCC(=O)OC. The van der Waals surface area contributed by atoms with Gasteiger partial charge in [0.25, 0.3) is 0 Å². The van der Waals surface area contributed by atoms with Gasteiger partial charge >= 0.3 is 5.97 Å². The summed E-state index contributed by atoms with van der Waals surface area (Å²) < 4.78 is 4.36. The Kier molecular flexibility index (Phi) is 7.77. The number of allylic oxidation sites excluding steroid dienone is 2. The number of nitriles is 1. The molecule has 1 unspecified atom stereocenters. The predicted octanol–water partition coefficient (Wildman–Crippen LogP) is 3.56. The Labute approximate surface area is 115 Å². The zero-order valence-electron chi connectivity index (χ0n) is 11.9. The fourth-order valence-corrected chi connectivity index (χ4v) is 2.32. The Hall–Kier alpha value is -0.950. The molecule has 0 aromatic carbocycles. The Bertz CT molecular complexity index is 342. The molecule has 1 atom stereocenters. The van der Waals surface area contributed by atoms with Gasteiger partial charge in [0.15, 0.2) is 0 Å². The van der Waals surface area contributed by atoms with E-state index in [1.165, 1.54) is 24.4 Å². The lowest BCUT2D eigenvalue weighted by atomic mass is 9.92. The molecular weight excluding hydrogens is 246 g/mol. The van der Waals surface area contributed by atoms with Crippen molar-refractivity contribution in [1.29, 1.82) is 5.26 Å². The zero-order chi connectivity index (χ0) is 14.2. The third-order valence-corrected chi connectivity index (χ3v) is 4.45. The molecule has 0 aromatic heterocycles. The van der Waals surface area contributed by atoms with E-state index in [1.54, 1.807) is 0 Å². The van der Waals surface area contributed by atoms with E-state index in [2.05, 4.69) is 30.7 Å². The van der Waals surface area contributed by atoms with E-state index in [1.807, 2.05) is 13.8 Å². The molecule has 102 valence electrons. The second-order valence-corrected chi connectivity index (χ2v) is 6.42. The number of carbonyl (C=O) groups is 1. The number of ether oxygens (including phenoxy) is 1. The van der Waals surface area contributed by atoms with E-state index in [4.69, 9.17) is 0 Å². The van der Waals surface area contributed by atoms with Crippen LogP contribution in [0.5, 0.6) is 0 Å². The Balaban J connectivity index is 4.53. The summed E-state index contributed by atoms with van der Waals surface area (Å²) >= 11 is 1.48. The maximum atomic E-state index is 11.1. The lowest BCUT2D eigenvalue weighted by molar-refractivity contribution is -0.137. The summed E-state index contributed by atoms with van der Waals surface area (Å²) in [5.41, 5.74) is 1.30. The Morgan fingerprint density at radius 3 is 2.61 bits per heavy atom. The molecule has 0 aliphatic rings. The fraction of sp³-hybridized carbons (Fsp3) is 0.714. The summed E-state index contributed by atoms with van der Waals surface area (Å²) in [5, 5.41) is 9.26. The van der Waals surface area contributed by atoms with Crippen LogP contribution < -0.4 is 0 Å². The minimum Gasteiger partial charge on any atom is -0.468 e. The quantitative estimate of drug-likeness (QED) is 0.524. The molecule has 0 heterocycles. The predicted molar refractivity (Wildman–Crippen MR) is 76.3 cm³/mol. The molecule has 0 aromatic rings. The molecule has 4 heteroatoms. The van der Waals surface area contributed by atoms with Crippen molar-refractivity contribution in [2.75, 3.05) is 12.9 Å². The summed E-state index contributed by atoms with van der Waals surface area (Å²) in [6, 6.07) is 2.35. The van der Waals surface area contributed by atoms with Gasteiger partial charge in [0.2, 0.25) is 0 Å². The number of rotatable bonds is 7. The van der Waals surface area contributed by atoms with Crippen LogP contribution in [0.4, 0.5) is 0 Å². The third-order valence-electron chi connectivity index (χ3n) is 3.04. The van der Waals surface area contributed by atoms with Gasteiger partial charge in [0, 0.05) is 4.75 Å². The van der Waals surface area contributed by atoms with Crippen LogP contribution >= 0.6 is 11.8 Å². The van der Waals surface area contributed by atoms with Gasteiger partial charge in [-0.3, -0.25) is 4.79 Å². The Morgan fingerprint density at radius 2 is 2.17 bits per heavy atom. The molecule has 3 nitrogen and oxygen atoms in total. The molecule has 0 saturated carbocycles. The number of nitrogens with zero attached hydrogens (tertiary/aromatic N) is 1. The van der Waals surface area contributed by atoms with Gasteiger partial charge in [-0.25, -0.2) is 0 Å². The molecule has 0 fully saturated rings. The van der Waals surface area contributed by atoms with Gasteiger partial charge in [-0.15, -0.1) is 11.8 Å². The molecule has 0 spiro atoms. The van der Waals surface area contributed by atoms with Crippen LogP contribution in [0.1, 0.15) is 40.5 Å². The second kappa shape index (κ2) is 8.20. The van der Waals surface area contributed by atoms with Crippen LogP contribution in [0.3, 0.4) is 0 Å². The van der Waals surface area contributed by atoms with E-state index in [0.29, 0.717) is 0 Å². The number of hydrogen-bond donors (Lipinski definition) is 0. The summed E-state index contributed by atoms with van der Waals surface area (Å²) in [6.07, 6.45) is 3.86. The largest absolute Gasteiger partial charge is 0.468 e. The van der Waals surface area contributed by atoms with Crippen LogP contribution in [0, 0.1) is 17.2 Å². The average Bonchev–Trinajstić information content (AvgIpc) is 2.35. The van der Waals surface area contributed by atoms with E-state index in [0.717, 1.165) is 12.8 Å². The number of thioether (sulfide) groups is 1. The fourth-order valence-electron chi connectivity index (χ4n) is 1.36. The van der Waals surface area contributed by atoms with Gasteiger partial charge in [-0.1, -0.05) is 18.6 Å². The van der Waals surface area contributed by atoms with Crippen LogP contribution in [0.25, 0.3) is 0 Å². The van der Waals surface area contributed by atoms with E-state index in [-0.39, 0.29) is 22.4 Å². The highest BCUT2D eigenvalue weighted by molar-refractivity contribution is 8.01. The van der Waals surface area contributed by atoms with Gasteiger partial charge < -0.3 is 4.74 Å². The van der Waals surface area contributed by atoms with Crippen molar-refractivity contribution in [2.24, 2.45) is 5.92 Å². The molecule has 0 N–H and O–H groups in total. The first-order valence-corrected chi connectivity index (χ1v) is 7.12. The zero-order valence-corrected chi connectivity index (χ0v) is 12.8. The van der Waals surface area contributed by atoms with Crippen molar-refractivity contribution in [2.45, 2.75) is 45.3 Å². The number of carbonyl (C=O) groups excluding carboxylic acids is 1. The molecule has 0 aliphatic heterocycles. The monoisotopic (exact) mass is 269 g/mol. The van der Waals surface area contributed by atoms with Crippen LogP contribution in [-0.4, -0.2) is 23.6 Å². The lowest BCUT2D eigenvalue weighted by Crippen LogP contribution is -2.28. The molecule has 18 heavy (non-hydrogen) atoms. The topological polar surface area (TPSA) is 50.1 Å². The summed E-state index contributed by atoms with van der Waals surface area (Å²) in [4.78, 5) is 11.1. The minimum absolute atomic E-state index is 0.103. The molecule has 0 aliphatic carbocycles. The minimum atomic E-state index is -0.256. The van der Waals surface area contributed by atoms with Gasteiger partial charge in [0.05, 0.1) is 24.8 Å². The number of hydrogen-bond acceptors (Lipinski definition) is 4. The normalized spacial score (nSPS) is 13.9. The third kappa shape index (κ3) is 6.11. The first-order chi connectivity index (χ1) is 8.37. The van der Waals surface area contributed by atoms with Crippen molar-refractivity contribution in [1.82, 2.24) is 0 Å². The molecule has 0 rings (SSSR count). The molecule has 0 saturated heterocycles. The van der Waals surface area contributed by atoms with E-state index < -0.39 is 0 Å². The highest BCUT2D eigenvalue weighted by Gasteiger charge is 2.30. The summed E-state index contributed by atoms with van der Waals surface area (Å²) in [5.74, 6) is -0.0586. The van der Waals surface area contributed by atoms with Crippen molar-refractivity contribution < 1.29 is 9.53 Å². The van der Waals surface area contributed by atoms with Gasteiger partial charge in [-0.05, 0) is 33.6 Å². The van der Waals surface area contributed by atoms with Gasteiger partial charge in [-0.2, -0.15) is 5.26 Å². The van der Waals surface area contributed by atoms with Crippen molar-refractivity contribution in [3.8, 4) is 6.07 Å². The number of esters is 1. The first kappa shape index (κ1) is 17.1. The summed E-state index contributed by atoms with van der Waals surface area (Å²) in [7, 11) is 1.38. The van der Waals surface area contributed by atoms with Crippen molar-refractivity contribution >= 4 is 17.7 Å². The standard InChI is InChI=1S/C14H23NO2S/c1-6-11(2)7-8-12(9-15)14(3,4)18-10-13(16)17-5/h7,12H,6,8,10H2,1-5H3/b11-7+. The second-order valence-electron chi connectivity index (χ2n) is 4.79. The first-order valence-electron chi connectivity index (χ1n) is 6.13. The van der Waals surface area contributed by atoms with Crippen LogP contribution in [0.2, 0.25) is 0 Å². The number of methoxy groups -OCH3 is 1. The highest BCUT2D eigenvalue weighted by atomic mass is 32.2.